The molecular formula is C28H34F3N3O3S. The molecule has 38 heavy (non-hydrogen) atoms. The normalized spacial score (nSPS) is 26.7. The largest absolute Gasteiger partial charge is 0.416 e. The molecule has 1 spiro atoms. The van der Waals surface area contributed by atoms with Crippen molar-refractivity contribution in [3.05, 3.63) is 59.7 Å². The van der Waals surface area contributed by atoms with Crippen molar-refractivity contribution in [2.24, 2.45) is 5.92 Å². The maximum absolute atomic E-state index is 13.9. The summed E-state index contributed by atoms with van der Waals surface area (Å²) >= 11 is 0. The average molecular weight is 550 g/mol. The Hall–Kier alpha value is -2.59. The van der Waals surface area contributed by atoms with Crippen LogP contribution in [0, 0.1) is 5.92 Å². The van der Waals surface area contributed by atoms with Gasteiger partial charge in [0, 0.05) is 18.3 Å². The Labute approximate surface area is 222 Å². The van der Waals surface area contributed by atoms with Gasteiger partial charge in [-0.25, -0.2) is 13.2 Å². The van der Waals surface area contributed by atoms with Gasteiger partial charge in [0.05, 0.1) is 28.2 Å². The van der Waals surface area contributed by atoms with Crippen LogP contribution in [0.15, 0.2) is 53.4 Å². The Morgan fingerprint density at radius 2 is 1.68 bits per heavy atom. The minimum absolute atomic E-state index is 0.0227. The molecule has 3 aliphatic rings. The van der Waals surface area contributed by atoms with Crippen molar-refractivity contribution in [3.63, 3.8) is 0 Å². The van der Waals surface area contributed by atoms with E-state index in [9.17, 15) is 26.4 Å². The van der Waals surface area contributed by atoms with Crippen LogP contribution in [-0.2, 0) is 21.6 Å². The van der Waals surface area contributed by atoms with Gasteiger partial charge in [-0.05, 0) is 75.3 Å². The lowest BCUT2D eigenvalue weighted by atomic mass is 9.68. The number of amides is 2. The first-order chi connectivity index (χ1) is 17.9. The molecule has 0 atom stereocenters. The van der Waals surface area contributed by atoms with Gasteiger partial charge in [-0.1, -0.05) is 36.8 Å². The molecule has 2 aromatic rings. The number of benzene rings is 2. The van der Waals surface area contributed by atoms with Crippen molar-refractivity contribution in [2.45, 2.75) is 67.1 Å². The number of nitrogens with zero attached hydrogens (tertiary/aromatic N) is 2. The molecule has 0 aromatic heterocycles. The first-order valence-corrected chi connectivity index (χ1v) is 15.0. The zero-order chi connectivity index (χ0) is 27.3. The van der Waals surface area contributed by atoms with E-state index in [4.69, 9.17) is 0 Å². The van der Waals surface area contributed by atoms with Crippen LogP contribution in [-0.4, -0.2) is 51.3 Å². The number of hydrogen-bond donors (Lipinski definition) is 1. The highest BCUT2D eigenvalue weighted by molar-refractivity contribution is 7.90. The summed E-state index contributed by atoms with van der Waals surface area (Å²) in [4.78, 5) is 16.8. The molecule has 2 amide bonds. The van der Waals surface area contributed by atoms with Gasteiger partial charge in [-0.15, -0.1) is 0 Å². The molecule has 0 bridgehead atoms. The van der Waals surface area contributed by atoms with Crippen molar-refractivity contribution in [1.82, 2.24) is 10.2 Å². The second kappa shape index (κ2) is 9.55. The van der Waals surface area contributed by atoms with E-state index in [2.05, 4.69) is 17.4 Å². The van der Waals surface area contributed by atoms with E-state index < -0.39 is 32.0 Å². The Bertz CT molecular complexity index is 1300. The number of carbonyl (C=O) groups is 1. The Kier molecular flexibility index (Phi) is 6.79. The van der Waals surface area contributed by atoms with E-state index in [1.165, 1.54) is 10.5 Å². The minimum Gasteiger partial charge on any atom is -0.317 e. The van der Waals surface area contributed by atoms with Gasteiger partial charge in [-0.3, -0.25) is 4.90 Å². The Morgan fingerprint density at radius 3 is 2.21 bits per heavy atom. The lowest BCUT2D eigenvalue weighted by molar-refractivity contribution is -0.137. The highest BCUT2D eigenvalue weighted by Crippen LogP contribution is 2.49. The van der Waals surface area contributed by atoms with Gasteiger partial charge in [0.1, 0.15) is 0 Å². The first kappa shape index (κ1) is 27.0. The fraction of sp³-hybridized carbons (Fsp3) is 0.536. The van der Waals surface area contributed by atoms with Gasteiger partial charge in [0.15, 0.2) is 9.84 Å². The molecule has 1 N–H and O–H groups in total. The van der Waals surface area contributed by atoms with Gasteiger partial charge in [-0.2, -0.15) is 13.2 Å². The predicted molar refractivity (Wildman–Crippen MR) is 140 cm³/mol. The molecule has 206 valence electrons. The molecule has 2 aromatic carbocycles. The topological polar surface area (TPSA) is 69.7 Å². The van der Waals surface area contributed by atoms with Gasteiger partial charge in [0.2, 0.25) is 0 Å². The molecule has 10 heteroatoms. The second-order valence-corrected chi connectivity index (χ2v) is 13.1. The number of nitrogens with one attached hydrogen (secondary N) is 1. The highest BCUT2D eigenvalue weighted by Gasteiger charge is 2.55. The zero-order valence-corrected chi connectivity index (χ0v) is 22.5. The number of rotatable bonds is 6. The fourth-order valence-corrected chi connectivity index (χ4v) is 7.31. The highest BCUT2D eigenvalue weighted by atomic mass is 32.2. The van der Waals surface area contributed by atoms with Crippen molar-refractivity contribution < 1.29 is 26.4 Å². The molecule has 1 aliphatic heterocycles. The van der Waals surface area contributed by atoms with Crippen molar-refractivity contribution >= 4 is 21.6 Å². The number of hydrogen-bond acceptors (Lipinski definition) is 4. The number of anilines is 1. The lowest BCUT2D eigenvalue weighted by Crippen LogP contribution is -2.56. The van der Waals surface area contributed by atoms with Gasteiger partial charge >= 0.3 is 12.2 Å². The standard InChI is InChI=1S/C28H34F3N3O3S/c1-32-27(21-9-4-3-5-10-21)15-13-26(14-16-27)19-33(25(35)34(26)18-20-7-6-8-20)23-12-11-22(28(29,30)31)17-24(23)38(2,36)37/h3-5,9-12,17,20,32H,6-8,13-16,18-19H2,1-2H3/t26-,27+. The molecule has 0 radical (unpaired) electrons. The molecule has 2 saturated carbocycles. The maximum atomic E-state index is 13.9. The number of alkyl halides is 3. The average Bonchev–Trinajstić information content (AvgIpc) is 3.12. The number of urea groups is 1. The molecule has 3 fully saturated rings. The quantitative estimate of drug-likeness (QED) is 0.511. The molecule has 5 rings (SSSR count). The summed E-state index contributed by atoms with van der Waals surface area (Å²) in [7, 11) is -2.09. The van der Waals surface area contributed by atoms with Crippen LogP contribution in [0.2, 0.25) is 0 Å². The summed E-state index contributed by atoms with van der Waals surface area (Å²) in [6.07, 6.45) is 2.36. The zero-order valence-electron chi connectivity index (χ0n) is 21.7. The summed E-state index contributed by atoms with van der Waals surface area (Å²) in [5.41, 5.74) is -0.592. The molecule has 2 aliphatic carbocycles. The monoisotopic (exact) mass is 549 g/mol. The van der Waals surface area contributed by atoms with E-state index in [1.807, 2.05) is 30.1 Å². The summed E-state index contributed by atoms with van der Waals surface area (Å²) in [5.74, 6) is 0.392. The lowest BCUT2D eigenvalue weighted by Gasteiger charge is -2.49. The third kappa shape index (κ3) is 4.70. The van der Waals surface area contributed by atoms with Crippen LogP contribution in [0.3, 0.4) is 0 Å². The van der Waals surface area contributed by atoms with Crippen molar-refractivity contribution in [3.8, 4) is 0 Å². The molecule has 0 unspecified atom stereocenters. The van der Waals surface area contributed by atoms with E-state index in [0.29, 0.717) is 31.4 Å². The van der Waals surface area contributed by atoms with E-state index in [1.54, 1.807) is 0 Å². The summed E-state index contributed by atoms with van der Waals surface area (Å²) in [6, 6.07) is 12.6. The van der Waals surface area contributed by atoms with E-state index >= 15 is 0 Å². The summed E-state index contributed by atoms with van der Waals surface area (Å²) in [6.45, 7) is 0.836. The van der Waals surface area contributed by atoms with Crippen LogP contribution in [0.1, 0.15) is 56.1 Å². The van der Waals surface area contributed by atoms with Gasteiger partial charge in [0.25, 0.3) is 0 Å². The van der Waals surface area contributed by atoms with Crippen LogP contribution >= 0.6 is 0 Å². The van der Waals surface area contributed by atoms with Crippen molar-refractivity contribution in [2.75, 3.05) is 31.3 Å². The molecule has 1 heterocycles. The maximum Gasteiger partial charge on any atom is 0.416 e. The van der Waals surface area contributed by atoms with Crippen LogP contribution in [0.25, 0.3) is 0 Å². The Balaban J connectivity index is 1.52. The third-order valence-corrected chi connectivity index (χ3v) is 10.1. The first-order valence-electron chi connectivity index (χ1n) is 13.1. The number of carbonyl (C=O) groups excluding carboxylic acids is 1. The summed E-state index contributed by atoms with van der Waals surface area (Å²) in [5, 5.41) is 3.52. The van der Waals surface area contributed by atoms with E-state index in [-0.39, 0.29) is 23.8 Å². The molecule has 6 nitrogen and oxygen atoms in total. The minimum atomic E-state index is -4.69. The van der Waals surface area contributed by atoms with Crippen LogP contribution in [0.5, 0.6) is 0 Å². The van der Waals surface area contributed by atoms with Crippen molar-refractivity contribution in [1.29, 1.82) is 0 Å². The van der Waals surface area contributed by atoms with Gasteiger partial charge < -0.3 is 10.2 Å². The predicted octanol–water partition coefficient (Wildman–Crippen LogP) is 5.58. The number of halogens is 3. The van der Waals surface area contributed by atoms with E-state index in [0.717, 1.165) is 50.5 Å². The Morgan fingerprint density at radius 1 is 1.03 bits per heavy atom. The second-order valence-electron chi connectivity index (χ2n) is 11.2. The third-order valence-electron chi connectivity index (χ3n) is 8.97. The fourth-order valence-electron chi connectivity index (χ4n) is 6.41. The number of sulfone groups is 1. The SMILES string of the molecule is CN[C@]1(c2ccccc2)CC[C@]2(CC1)CN(c1ccc(C(F)(F)F)cc1S(C)(=O)=O)C(=O)N2CC1CCC1. The van der Waals surface area contributed by atoms with Crippen LogP contribution in [0.4, 0.5) is 23.7 Å². The molecular weight excluding hydrogens is 515 g/mol. The molecule has 1 saturated heterocycles. The smallest absolute Gasteiger partial charge is 0.317 e. The summed E-state index contributed by atoms with van der Waals surface area (Å²) < 4.78 is 65.6. The van der Waals surface area contributed by atoms with Crippen LogP contribution < -0.4 is 10.2 Å².